The number of nitrogens with zero attached hydrogens (tertiary/aromatic N) is 2. The van der Waals surface area contributed by atoms with Crippen LogP contribution in [0.2, 0.25) is 5.02 Å². The average Bonchev–Trinajstić information content (AvgIpc) is 3.11. The molecule has 1 aliphatic rings. The van der Waals surface area contributed by atoms with Crippen molar-refractivity contribution in [2.24, 2.45) is 10.7 Å². The number of nitrogens with two attached hydrogens (primary N) is 1. The SMILES string of the molecule is CC(=Nc1ccc(CN(C)Cc2ccc(Cl)cc2)cc1)C1C(=O)Nc2cc(C(N)=O)ccc21. The summed E-state index contributed by atoms with van der Waals surface area (Å²) in [6.45, 7) is 3.46. The largest absolute Gasteiger partial charge is 0.366 e. The van der Waals surface area contributed by atoms with Gasteiger partial charge >= 0.3 is 0 Å². The van der Waals surface area contributed by atoms with Crippen molar-refractivity contribution in [2.75, 3.05) is 12.4 Å². The van der Waals surface area contributed by atoms with Crippen molar-refractivity contribution in [3.8, 4) is 0 Å². The monoisotopic (exact) mass is 460 g/mol. The van der Waals surface area contributed by atoms with Gasteiger partial charge in [0, 0.05) is 35.1 Å². The smallest absolute Gasteiger partial charge is 0.248 e. The first-order valence-electron chi connectivity index (χ1n) is 10.6. The van der Waals surface area contributed by atoms with Crippen LogP contribution >= 0.6 is 11.6 Å². The van der Waals surface area contributed by atoms with Gasteiger partial charge in [0.05, 0.1) is 5.69 Å². The van der Waals surface area contributed by atoms with E-state index in [1.165, 1.54) is 11.1 Å². The molecule has 3 aromatic rings. The van der Waals surface area contributed by atoms with Gasteiger partial charge in [0.1, 0.15) is 5.92 Å². The second-order valence-corrected chi connectivity index (χ2v) is 8.74. The number of rotatable bonds is 7. The minimum Gasteiger partial charge on any atom is -0.366 e. The molecule has 0 bridgehead atoms. The Labute approximate surface area is 198 Å². The van der Waals surface area contributed by atoms with Crippen molar-refractivity contribution in [3.05, 3.63) is 94.0 Å². The van der Waals surface area contributed by atoms with Crippen LogP contribution in [0.3, 0.4) is 0 Å². The van der Waals surface area contributed by atoms with Gasteiger partial charge in [-0.05, 0) is 67.1 Å². The van der Waals surface area contributed by atoms with Crippen LogP contribution in [0.15, 0.2) is 71.7 Å². The van der Waals surface area contributed by atoms with Crippen LogP contribution in [0.1, 0.15) is 39.9 Å². The van der Waals surface area contributed by atoms with E-state index in [1.807, 2.05) is 55.5 Å². The first-order chi connectivity index (χ1) is 15.8. The van der Waals surface area contributed by atoms with Gasteiger partial charge in [0.2, 0.25) is 11.8 Å². The lowest BCUT2D eigenvalue weighted by Crippen LogP contribution is -2.18. The Morgan fingerprint density at radius 3 is 2.24 bits per heavy atom. The van der Waals surface area contributed by atoms with Crippen molar-refractivity contribution in [2.45, 2.75) is 25.9 Å². The molecule has 4 rings (SSSR count). The number of aliphatic imine (C=N–C) groups is 1. The van der Waals surface area contributed by atoms with Gasteiger partial charge in [-0.3, -0.25) is 19.5 Å². The van der Waals surface area contributed by atoms with Gasteiger partial charge in [0.15, 0.2) is 0 Å². The second kappa shape index (κ2) is 9.57. The topological polar surface area (TPSA) is 87.8 Å². The number of nitrogens with one attached hydrogen (secondary N) is 1. The number of carbonyl (C=O) groups excluding carboxylic acids is 2. The standard InChI is InChI=1S/C26H25ClN4O2/c1-16(24-22-12-7-19(25(28)32)13-23(22)30-26(24)33)29-21-10-5-18(6-11-21)15-31(2)14-17-3-8-20(27)9-4-17/h3-13,24H,14-15H2,1-2H3,(H2,28,32)(H,30,33). The first kappa shape index (κ1) is 22.7. The van der Waals surface area contributed by atoms with E-state index in [2.05, 4.69) is 22.3 Å². The number of benzene rings is 3. The van der Waals surface area contributed by atoms with E-state index >= 15 is 0 Å². The number of primary amides is 1. The fraction of sp³-hybridized carbons (Fsp3) is 0.192. The summed E-state index contributed by atoms with van der Waals surface area (Å²) in [4.78, 5) is 30.9. The molecular weight excluding hydrogens is 436 g/mol. The Morgan fingerprint density at radius 2 is 1.64 bits per heavy atom. The quantitative estimate of drug-likeness (QED) is 0.491. The maximum absolute atomic E-state index is 12.6. The summed E-state index contributed by atoms with van der Waals surface area (Å²) in [5.74, 6) is -1.18. The molecule has 6 nitrogen and oxygen atoms in total. The molecule has 1 atom stereocenters. The maximum Gasteiger partial charge on any atom is 0.248 e. The zero-order chi connectivity index (χ0) is 23.5. The third kappa shape index (κ3) is 5.30. The van der Waals surface area contributed by atoms with Gasteiger partial charge < -0.3 is 11.1 Å². The Bertz CT molecular complexity index is 1220. The highest BCUT2D eigenvalue weighted by molar-refractivity contribution is 6.30. The van der Waals surface area contributed by atoms with Crippen LogP contribution in [-0.2, 0) is 17.9 Å². The molecule has 2 amide bonds. The lowest BCUT2D eigenvalue weighted by Gasteiger charge is -2.17. The first-order valence-corrected chi connectivity index (χ1v) is 11.0. The summed E-state index contributed by atoms with van der Waals surface area (Å²) in [6.07, 6.45) is 0. The van der Waals surface area contributed by atoms with Crippen molar-refractivity contribution in [1.82, 2.24) is 4.90 Å². The lowest BCUT2D eigenvalue weighted by molar-refractivity contribution is -0.115. The molecule has 7 heteroatoms. The van der Waals surface area contributed by atoms with Gasteiger partial charge in [-0.15, -0.1) is 0 Å². The number of fused-ring (bicyclic) bond motifs is 1. The van der Waals surface area contributed by atoms with E-state index in [1.54, 1.807) is 18.2 Å². The third-order valence-electron chi connectivity index (χ3n) is 5.65. The van der Waals surface area contributed by atoms with Crippen LogP contribution in [0.25, 0.3) is 0 Å². The molecule has 0 saturated carbocycles. The fourth-order valence-electron chi connectivity index (χ4n) is 4.04. The Balaban J connectivity index is 1.44. The van der Waals surface area contributed by atoms with Crippen molar-refractivity contribution in [1.29, 1.82) is 0 Å². The zero-order valence-electron chi connectivity index (χ0n) is 18.5. The van der Waals surface area contributed by atoms with Gasteiger partial charge in [0.25, 0.3) is 0 Å². The molecule has 1 heterocycles. The highest BCUT2D eigenvalue weighted by Crippen LogP contribution is 2.35. The number of amides is 2. The minimum atomic E-state index is -0.528. The van der Waals surface area contributed by atoms with Crippen molar-refractivity contribution < 1.29 is 9.59 Å². The summed E-state index contributed by atoms with van der Waals surface area (Å²) in [6, 6.07) is 20.9. The fourth-order valence-corrected chi connectivity index (χ4v) is 4.17. The zero-order valence-corrected chi connectivity index (χ0v) is 19.3. The van der Waals surface area contributed by atoms with Crippen LogP contribution < -0.4 is 11.1 Å². The van der Waals surface area contributed by atoms with E-state index < -0.39 is 11.8 Å². The van der Waals surface area contributed by atoms with Crippen molar-refractivity contribution >= 4 is 40.5 Å². The van der Waals surface area contributed by atoms with E-state index in [-0.39, 0.29) is 5.91 Å². The molecule has 168 valence electrons. The van der Waals surface area contributed by atoms with Crippen LogP contribution in [0.5, 0.6) is 0 Å². The predicted octanol–water partition coefficient (Wildman–Crippen LogP) is 4.90. The summed E-state index contributed by atoms with van der Waals surface area (Å²) in [5, 5.41) is 3.56. The number of hydrogen-bond acceptors (Lipinski definition) is 4. The van der Waals surface area contributed by atoms with Crippen LogP contribution in [0, 0.1) is 0 Å². The number of hydrogen-bond donors (Lipinski definition) is 2. The third-order valence-corrected chi connectivity index (χ3v) is 5.90. The van der Waals surface area contributed by atoms with E-state index in [0.717, 1.165) is 29.4 Å². The van der Waals surface area contributed by atoms with Crippen LogP contribution in [0.4, 0.5) is 11.4 Å². The molecule has 1 unspecified atom stereocenters. The average molecular weight is 461 g/mol. The number of anilines is 1. The number of halogens is 1. The van der Waals surface area contributed by atoms with Gasteiger partial charge in [-0.2, -0.15) is 0 Å². The molecule has 1 aliphatic heterocycles. The van der Waals surface area contributed by atoms with E-state index in [4.69, 9.17) is 17.3 Å². The van der Waals surface area contributed by atoms with Gasteiger partial charge in [-0.1, -0.05) is 41.9 Å². The second-order valence-electron chi connectivity index (χ2n) is 8.31. The highest BCUT2D eigenvalue weighted by atomic mass is 35.5. The van der Waals surface area contributed by atoms with E-state index in [9.17, 15) is 9.59 Å². The molecule has 3 aromatic carbocycles. The molecular formula is C26H25ClN4O2. The Hall–Kier alpha value is -3.48. The molecule has 0 saturated heterocycles. The van der Waals surface area contributed by atoms with E-state index in [0.29, 0.717) is 17.0 Å². The van der Waals surface area contributed by atoms with Crippen LogP contribution in [-0.4, -0.2) is 29.5 Å². The number of carbonyl (C=O) groups is 2. The summed E-state index contributed by atoms with van der Waals surface area (Å²) in [7, 11) is 2.07. The molecule has 0 spiro atoms. The normalized spacial score (nSPS) is 15.5. The minimum absolute atomic E-state index is 0.159. The summed E-state index contributed by atoms with van der Waals surface area (Å²) in [5.41, 5.74) is 11.0. The van der Waals surface area contributed by atoms with Gasteiger partial charge in [-0.25, -0.2) is 0 Å². The molecule has 0 radical (unpaired) electrons. The molecule has 0 fully saturated rings. The predicted molar refractivity (Wildman–Crippen MR) is 132 cm³/mol. The highest BCUT2D eigenvalue weighted by Gasteiger charge is 2.33. The summed E-state index contributed by atoms with van der Waals surface area (Å²) < 4.78 is 0. The molecule has 33 heavy (non-hydrogen) atoms. The maximum atomic E-state index is 12.6. The molecule has 0 aromatic heterocycles. The van der Waals surface area contributed by atoms with Crippen molar-refractivity contribution in [3.63, 3.8) is 0 Å². The Morgan fingerprint density at radius 1 is 1.03 bits per heavy atom. The molecule has 3 N–H and O–H groups in total. The molecule has 0 aliphatic carbocycles. The Kier molecular flexibility index (Phi) is 6.58. The summed E-state index contributed by atoms with van der Waals surface area (Å²) >= 11 is 5.96. The lowest BCUT2D eigenvalue weighted by atomic mass is 9.95.